The first-order chi connectivity index (χ1) is 10.2. The second-order valence-electron chi connectivity index (χ2n) is 4.22. The maximum atomic E-state index is 13.7. The van der Waals surface area contributed by atoms with Gasteiger partial charge in [0.1, 0.15) is 24.0 Å². The third kappa shape index (κ3) is 4.55. The predicted octanol–water partition coefficient (Wildman–Crippen LogP) is 2.67. The SMILES string of the molecule is OCCC#Cc1ccc(OCc2cncc(F)c2)cc1F. The molecule has 0 atom stereocenters. The van der Waals surface area contributed by atoms with Crippen LogP contribution >= 0.6 is 0 Å². The van der Waals surface area contributed by atoms with E-state index in [1.54, 1.807) is 6.07 Å². The summed E-state index contributed by atoms with van der Waals surface area (Å²) >= 11 is 0. The lowest BCUT2D eigenvalue weighted by atomic mass is 10.2. The van der Waals surface area contributed by atoms with Crippen LogP contribution in [0.4, 0.5) is 8.78 Å². The molecule has 108 valence electrons. The molecule has 1 aromatic heterocycles. The van der Waals surface area contributed by atoms with Crippen molar-refractivity contribution in [3.05, 3.63) is 59.4 Å². The normalized spacial score (nSPS) is 9.86. The lowest BCUT2D eigenvalue weighted by Gasteiger charge is -2.06. The number of halogens is 2. The van der Waals surface area contributed by atoms with Crippen LogP contribution in [-0.4, -0.2) is 16.7 Å². The van der Waals surface area contributed by atoms with Crippen LogP contribution in [0.25, 0.3) is 0 Å². The topological polar surface area (TPSA) is 42.4 Å². The zero-order valence-electron chi connectivity index (χ0n) is 11.1. The van der Waals surface area contributed by atoms with Gasteiger partial charge in [-0.3, -0.25) is 4.98 Å². The van der Waals surface area contributed by atoms with Crippen molar-refractivity contribution in [3.8, 4) is 17.6 Å². The zero-order valence-corrected chi connectivity index (χ0v) is 11.1. The molecule has 0 saturated heterocycles. The molecule has 2 aromatic rings. The Bertz CT molecular complexity index is 677. The quantitative estimate of drug-likeness (QED) is 0.880. The van der Waals surface area contributed by atoms with Crippen LogP contribution < -0.4 is 4.74 Å². The average molecular weight is 289 g/mol. The maximum absolute atomic E-state index is 13.7. The van der Waals surface area contributed by atoms with E-state index >= 15 is 0 Å². The summed E-state index contributed by atoms with van der Waals surface area (Å²) in [6, 6.07) is 5.60. The fourth-order valence-electron chi connectivity index (χ4n) is 1.60. The van der Waals surface area contributed by atoms with Gasteiger partial charge in [0.2, 0.25) is 0 Å². The molecular formula is C16H13F2NO2. The van der Waals surface area contributed by atoms with Gasteiger partial charge in [-0.05, 0) is 18.2 Å². The Hall–Kier alpha value is -2.45. The van der Waals surface area contributed by atoms with Crippen molar-refractivity contribution < 1.29 is 18.6 Å². The largest absolute Gasteiger partial charge is 0.489 e. The molecule has 0 spiro atoms. The second-order valence-corrected chi connectivity index (χ2v) is 4.22. The number of rotatable bonds is 4. The first kappa shape index (κ1) is 14.9. The summed E-state index contributed by atoms with van der Waals surface area (Å²) in [6.45, 7) is 0.0389. The van der Waals surface area contributed by atoms with Gasteiger partial charge < -0.3 is 9.84 Å². The van der Waals surface area contributed by atoms with Crippen molar-refractivity contribution in [1.82, 2.24) is 4.98 Å². The maximum Gasteiger partial charge on any atom is 0.142 e. The van der Waals surface area contributed by atoms with E-state index in [4.69, 9.17) is 9.84 Å². The Kier molecular flexibility index (Phi) is 5.24. The Morgan fingerprint density at radius 1 is 1.19 bits per heavy atom. The number of aliphatic hydroxyl groups excluding tert-OH is 1. The van der Waals surface area contributed by atoms with Crippen LogP contribution in [0.5, 0.6) is 5.75 Å². The van der Waals surface area contributed by atoms with Crippen molar-refractivity contribution in [1.29, 1.82) is 0 Å². The molecule has 1 aromatic carbocycles. The summed E-state index contributed by atoms with van der Waals surface area (Å²) in [5, 5.41) is 8.61. The van der Waals surface area contributed by atoms with E-state index in [0.717, 1.165) is 6.20 Å². The number of aromatic nitrogens is 1. The van der Waals surface area contributed by atoms with Crippen molar-refractivity contribution in [2.45, 2.75) is 13.0 Å². The van der Waals surface area contributed by atoms with E-state index in [2.05, 4.69) is 16.8 Å². The average Bonchev–Trinajstić information content (AvgIpc) is 2.47. The number of benzene rings is 1. The van der Waals surface area contributed by atoms with Crippen LogP contribution in [0.2, 0.25) is 0 Å². The highest BCUT2D eigenvalue weighted by atomic mass is 19.1. The summed E-state index contributed by atoms with van der Waals surface area (Å²) in [7, 11) is 0. The molecule has 0 aliphatic heterocycles. The number of pyridine rings is 1. The highest BCUT2D eigenvalue weighted by molar-refractivity contribution is 5.39. The molecular weight excluding hydrogens is 276 g/mol. The molecule has 3 nitrogen and oxygen atoms in total. The Balaban J connectivity index is 2.02. The molecule has 5 heteroatoms. The molecule has 0 aliphatic rings. The van der Waals surface area contributed by atoms with Crippen LogP contribution in [-0.2, 0) is 6.61 Å². The number of hydrogen-bond acceptors (Lipinski definition) is 3. The highest BCUT2D eigenvalue weighted by Crippen LogP contribution is 2.17. The van der Waals surface area contributed by atoms with Crippen LogP contribution in [0, 0.1) is 23.5 Å². The molecule has 1 heterocycles. The summed E-state index contributed by atoms with van der Waals surface area (Å²) < 4.78 is 32.1. The first-order valence-corrected chi connectivity index (χ1v) is 6.30. The van der Waals surface area contributed by atoms with Crippen molar-refractivity contribution in [3.63, 3.8) is 0 Å². The molecule has 0 saturated carbocycles. The number of hydrogen-bond donors (Lipinski definition) is 1. The third-order valence-corrected chi connectivity index (χ3v) is 2.57. The molecule has 0 radical (unpaired) electrons. The molecule has 0 amide bonds. The zero-order chi connectivity index (χ0) is 15.1. The number of aliphatic hydroxyl groups is 1. The summed E-state index contributed by atoms with van der Waals surface area (Å²) in [5.74, 6) is 4.64. The van der Waals surface area contributed by atoms with Gasteiger partial charge >= 0.3 is 0 Å². The van der Waals surface area contributed by atoms with Gasteiger partial charge in [-0.2, -0.15) is 0 Å². The molecule has 0 unspecified atom stereocenters. The Morgan fingerprint density at radius 3 is 2.76 bits per heavy atom. The van der Waals surface area contributed by atoms with E-state index in [0.29, 0.717) is 17.7 Å². The first-order valence-electron chi connectivity index (χ1n) is 6.30. The number of ether oxygens (including phenoxy) is 1. The van der Waals surface area contributed by atoms with Gasteiger partial charge in [-0.15, -0.1) is 0 Å². The van der Waals surface area contributed by atoms with Gasteiger partial charge in [0.15, 0.2) is 0 Å². The molecule has 0 aliphatic carbocycles. The van der Waals surface area contributed by atoms with Crippen LogP contribution in [0.1, 0.15) is 17.5 Å². The summed E-state index contributed by atoms with van der Waals surface area (Å²) in [4.78, 5) is 3.70. The third-order valence-electron chi connectivity index (χ3n) is 2.57. The standard InChI is InChI=1S/C16H13F2NO2/c17-14-7-12(9-19-10-14)11-21-15-5-4-13(16(18)8-15)3-1-2-6-20/h4-5,7-10,20H,2,6,11H2. The number of nitrogens with zero attached hydrogens (tertiary/aromatic N) is 1. The Morgan fingerprint density at radius 2 is 2.05 bits per heavy atom. The molecule has 21 heavy (non-hydrogen) atoms. The lowest BCUT2D eigenvalue weighted by molar-refractivity contribution is 0.303. The molecule has 0 fully saturated rings. The van der Waals surface area contributed by atoms with E-state index < -0.39 is 11.6 Å². The predicted molar refractivity (Wildman–Crippen MR) is 73.5 cm³/mol. The van der Waals surface area contributed by atoms with E-state index in [-0.39, 0.29) is 18.8 Å². The van der Waals surface area contributed by atoms with Gasteiger partial charge in [-0.25, -0.2) is 8.78 Å². The summed E-state index contributed by atoms with van der Waals surface area (Å²) in [5.41, 5.74) is 0.797. The van der Waals surface area contributed by atoms with E-state index in [1.165, 1.54) is 24.4 Å². The molecule has 0 bridgehead atoms. The molecule has 1 N–H and O–H groups in total. The van der Waals surface area contributed by atoms with Crippen LogP contribution in [0.3, 0.4) is 0 Å². The van der Waals surface area contributed by atoms with E-state index in [9.17, 15) is 8.78 Å². The van der Waals surface area contributed by atoms with Gasteiger partial charge in [0, 0.05) is 24.2 Å². The lowest BCUT2D eigenvalue weighted by Crippen LogP contribution is -1.97. The van der Waals surface area contributed by atoms with Crippen LogP contribution in [0.15, 0.2) is 36.7 Å². The van der Waals surface area contributed by atoms with Gasteiger partial charge in [0.25, 0.3) is 0 Å². The minimum absolute atomic E-state index is 0.0581. The van der Waals surface area contributed by atoms with Crippen molar-refractivity contribution in [2.24, 2.45) is 0 Å². The molecule has 2 rings (SSSR count). The highest BCUT2D eigenvalue weighted by Gasteiger charge is 2.03. The van der Waals surface area contributed by atoms with Crippen molar-refractivity contribution >= 4 is 0 Å². The van der Waals surface area contributed by atoms with E-state index in [1.807, 2.05) is 0 Å². The summed E-state index contributed by atoms with van der Waals surface area (Å²) in [6.07, 6.45) is 2.88. The monoisotopic (exact) mass is 289 g/mol. The van der Waals surface area contributed by atoms with Gasteiger partial charge in [-0.1, -0.05) is 11.8 Å². The Labute approximate surface area is 121 Å². The van der Waals surface area contributed by atoms with Gasteiger partial charge in [0.05, 0.1) is 18.4 Å². The fraction of sp³-hybridized carbons (Fsp3) is 0.188. The second kappa shape index (κ2) is 7.36. The minimum atomic E-state index is -0.504. The van der Waals surface area contributed by atoms with Crippen molar-refractivity contribution in [2.75, 3.05) is 6.61 Å². The smallest absolute Gasteiger partial charge is 0.142 e. The fourth-order valence-corrected chi connectivity index (χ4v) is 1.60. The minimum Gasteiger partial charge on any atom is -0.489 e.